The molecule has 0 saturated carbocycles. The average Bonchev–Trinajstić information content (AvgIpc) is 2.57. The van der Waals surface area contributed by atoms with Gasteiger partial charge in [0.1, 0.15) is 9.84 Å². The molecule has 0 atom stereocenters. The van der Waals surface area contributed by atoms with Crippen molar-refractivity contribution in [1.82, 2.24) is 5.32 Å². The highest BCUT2D eigenvalue weighted by Crippen LogP contribution is 2.21. The normalized spacial score (nSPS) is 16.3. The van der Waals surface area contributed by atoms with Crippen LogP contribution in [0, 0.1) is 0 Å². The summed E-state index contributed by atoms with van der Waals surface area (Å²) in [7, 11) is -2.85. The van der Waals surface area contributed by atoms with Crippen molar-refractivity contribution in [2.24, 2.45) is 0 Å². The molecule has 1 aliphatic rings. The lowest BCUT2D eigenvalue weighted by atomic mass is 10.1. The number of sulfone groups is 1. The number of benzene rings is 1. The predicted octanol–water partition coefficient (Wildman–Crippen LogP) is 0.788. The highest BCUT2D eigenvalue weighted by atomic mass is 32.2. The van der Waals surface area contributed by atoms with Crippen LogP contribution >= 0.6 is 0 Å². The Kier molecular flexibility index (Phi) is 3.30. The van der Waals surface area contributed by atoms with Gasteiger partial charge in [0.2, 0.25) is 0 Å². The fourth-order valence-corrected chi connectivity index (χ4v) is 2.64. The van der Waals surface area contributed by atoms with Crippen LogP contribution in [-0.4, -0.2) is 33.0 Å². The molecule has 2 rings (SSSR count). The van der Waals surface area contributed by atoms with E-state index in [1.54, 1.807) is 0 Å². The van der Waals surface area contributed by atoms with Crippen molar-refractivity contribution in [2.75, 3.05) is 18.6 Å². The van der Waals surface area contributed by atoms with E-state index in [2.05, 4.69) is 29.6 Å². The highest BCUT2D eigenvalue weighted by Gasteiger charge is 2.20. The van der Waals surface area contributed by atoms with Crippen LogP contribution in [0.4, 0.5) is 0 Å². The Labute approximate surface area is 96.8 Å². The minimum Gasteiger partial charge on any atom is -0.312 e. The second-order valence-electron chi connectivity index (χ2n) is 4.46. The molecular formula is C12H17NO2S. The van der Waals surface area contributed by atoms with Gasteiger partial charge in [0.05, 0.1) is 5.75 Å². The van der Waals surface area contributed by atoms with Crippen LogP contribution in [0.15, 0.2) is 24.3 Å². The minimum absolute atomic E-state index is 0.222. The smallest absolute Gasteiger partial charge is 0.148 e. The highest BCUT2D eigenvalue weighted by molar-refractivity contribution is 7.90. The first-order valence-corrected chi connectivity index (χ1v) is 7.58. The Morgan fingerprint density at radius 3 is 2.31 bits per heavy atom. The topological polar surface area (TPSA) is 46.2 Å². The van der Waals surface area contributed by atoms with Gasteiger partial charge < -0.3 is 5.32 Å². The van der Waals surface area contributed by atoms with Gasteiger partial charge in [0.15, 0.2) is 0 Å². The van der Waals surface area contributed by atoms with Crippen molar-refractivity contribution in [3.63, 3.8) is 0 Å². The van der Waals surface area contributed by atoms with E-state index in [0.29, 0.717) is 12.6 Å². The Balaban J connectivity index is 1.84. The van der Waals surface area contributed by atoms with Crippen LogP contribution < -0.4 is 5.32 Å². The largest absolute Gasteiger partial charge is 0.312 e. The van der Waals surface area contributed by atoms with E-state index in [4.69, 9.17) is 0 Å². The van der Waals surface area contributed by atoms with Crippen molar-refractivity contribution >= 4 is 9.84 Å². The molecule has 0 heterocycles. The van der Waals surface area contributed by atoms with Gasteiger partial charge in [-0.1, -0.05) is 24.3 Å². The van der Waals surface area contributed by atoms with Crippen LogP contribution in [-0.2, 0) is 22.7 Å². The van der Waals surface area contributed by atoms with Crippen LogP contribution in [0.1, 0.15) is 11.1 Å². The standard InChI is InChI=1S/C12H17NO2S/c1-16(14,15)7-6-13-12-8-10-4-2-3-5-11(10)9-12/h2-5,12-13H,6-9H2,1H3. The number of rotatable bonds is 4. The lowest BCUT2D eigenvalue weighted by Crippen LogP contribution is -2.33. The molecule has 0 spiro atoms. The molecule has 0 aliphatic heterocycles. The molecule has 1 aromatic carbocycles. The maximum Gasteiger partial charge on any atom is 0.148 e. The summed E-state index contributed by atoms with van der Waals surface area (Å²) in [6.45, 7) is 0.553. The Morgan fingerprint density at radius 2 is 1.81 bits per heavy atom. The summed E-state index contributed by atoms with van der Waals surface area (Å²) in [6.07, 6.45) is 3.30. The summed E-state index contributed by atoms with van der Waals surface area (Å²) < 4.78 is 22.0. The van der Waals surface area contributed by atoms with Crippen molar-refractivity contribution in [1.29, 1.82) is 0 Å². The summed E-state index contributed by atoms with van der Waals surface area (Å²) in [6, 6.07) is 8.80. The Bertz CT molecular complexity index is 443. The molecule has 0 aromatic heterocycles. The van der Waals surface area contributed by atoms with E-state index in [-0.39, 0.29) is 5.75 Å². The van der Waals surface area contributed by atoms with Gasteiger partial charge in [-0.05, 0) is 24.0 Å². The Morgan fingerprint density at radius 1 is 1.25 bits per heavy atom. The summed E-state index contributed by atoms with van der Waals surface area (Å²) in [5.74, 6) is 0.222. The fourth-order valence-electron chi connectivity index (χ4n) is 2.15. The molecule has 4 heteroatoms. The predicted molar refractivity (Wildman–Crippen MR) is 65.4 cm³/mol. The summed E-state index contributed by atoms with van der Waals surface area (Å²) in [5.41, 5.74) is 2.78. The molecular weight excluding hydrogens is 222 g/mol. The van der Waals surface area contributed by atoms with Gasteiger partial charge in [-0.2, -0.15) is 0 Å². The Hall–Kier alpha value is -0.870. The molecule has 88 valence electrons. The first kappa shape index (κ1) is 11.6. The van der Waals surface area contributed by atoms with Crippen molar-refractivity contribution in [2.45, 2.75) is 18.9 Å². The van der Waals surface area contributed by atoms with Gasteiger partial charge >= 0.3 is 0 Å². The monoisotopic (exact) mass is 239 g/mol. The van der Waals surface area contributed by atoms with Crippen LogP contribution in [0.2, 0.25) is 0 Å². The molecule has 3 nitrogen and oxygen atoms in total. The maximum absolute atomic E-state index is 11.0. The number of fused-ring (bicyclic) bond motifs is 1. The molecule has 0 bridgehead atoms. The summed E-state index contributed by atoms with van der Waals surface area (Å²) in [5, 5.41) is 3.31. The molecule has 0 unspecified atom stereocenters. The van der Waals surface area contributed by atoms with Gasteiger partial charge in [0.25, 0.3) is 0 Å². The van der Waals surface area contributed by atoms with E-state index in [1.807, 2.05) is 0 Å². The van der Waals surface area contributed by atoms with Gasteiger partial charge in [-0.25, -0.2) is 8.42 Å². The van der Waals surface area contributed by atoms with Gasteiger partial charge in [-0.15, -0.1) is 0 Å². The van der Waals surface area contributed by atoms with E-state index >= 15 is 0 Å². The van der Waals surface area contributed by atoms with Crippen LogP contribution in [0.25, 0.3) is 0 Å². The summed E-state index contributed by atoms with van der Waals surface area (Å²) >= 11 is 0. The number of nitrogens with one attached hydrogen (secondary N) is 1. The molecule has 0 radical (unpaired) electrons. The zero-order valence-corrected chi connectivity index (χ0v) is 10.3. The molecule has 16 heavy (non-hydrogen) atoms. The van der Waals surface area contributed by atoms with Crippen LogP contribution in [0.3, 0.4) is 0 Å². The molecule has 0 saturated heterocycles. The number of hydrogen-bond donors (Lipinski definition) is 1. The van der Waals surface area contributed by atoms with Gasteiger partial charge in [-0.3, -0.25) is 0 Å². The van der Waals surface area contributed by atoms with Crippen molar-refractivity contribution < 1.29 is 8.42 Å². The second-order valence-corrected chi connectivity index (χ2v) is 6.72. The first-order valence-electron chi connectivity index (χ1n) is 5.52. The first-order chi connectivity index (χ1) is 7.54. The van der Waals surface area contributed by atoms with Crippen molar-refractivity contribution in [3.05, 3.63) is 35.4 Å². The molecule has 0 fully saturated rings. The number of hydrogen-bond acceptors (Lipinski definition) is 3. The van der Waals surface area contributed by atoms with Crippen molar-refractivity contribution in [3.8, 4) is 0 Å². The lowest BCUT2D eigenvalue weighted by Gasteiger charge is -2.10. The zero-order chi connectivity index (χ0) is 11.6. The minimum atomic E-state index is -2.85. The van der Waals surface area contributed by atoms with E-state index in [0.717, 1.165) is 12.8 Å². The van der Waals surface area contributed by atoms with E-state index < -0.39 is 9.84 Å². The van der Waals surface area contributed by atoms with E-state index in [1.165, 1.54) is 17.4 Å². The molecule has 0 amide bonds. The zero-order valence-electron chi connectivity index (χ0n) is 9.44. The fraction of sp³-hybridized carbons (Fsp3) is 0.500. The average molecular weight is 239 g/mol. The second kappa shape index (κ2) is 4.55. The summed E-state index contributed by atoms with van der Waals surface area (Å²) in [4.78, 5) is 0. The molecule has 1 N–H and O–H groups in total. The third-order valence-electron chi connectivity index (χ3n) is 2.96. The quantitative estimate of drug-likeness (QED) is 0.845. The van der Waals surface area contributed by atoms with Crippen LogP contribution in [0.5, 0.6) is 0 Å². The SMILES string of the molecule is CS(=O)(=O)CCNC1Cc2ccccc2C1. The van der Waals surface area contributed by atoms with Gasteiger partial charge in [0, 0.05) is 18.8 Å². The third kappa shape index (κ3) is 3.06. The third-order valence-corrected chi connectivity index (χ3v) is 3.90. The maximum atomic E-state index is 11.0. The molecule has 1 aliphatic carbocycles. The molecule has 1 aromatic rings. The lowest BCUT2D eigenvalue weighted by molar-refractivity contribution is 0.545. The van der Waals surface area contributed by atoms with E-state index in [9.17, 15) is 8.42 Å².